The van der Waals surface area contributed by atoms with Crippen LogP contribution < -0.4 is 0 Å². The van der Waals surface area contributed by atoms with E-state index in [2.05, 4.69) is 24.4 Å². The minimum Gasteiger partial charge on any atom is -0.396 e. The summed E-state index contributed by atoms with van der Waals surface area (Å²) in [6.07, 6.45) is 21.5. The Bertz CT molecular complexity index is 1240. The highest BCUT2D eigenvalue weighted by molar-refractivity contribution is 7.99. The fourth-order valence-corrected chi connectivity index (χ4v) is 12.8. The fourth-order valence-electron chi connectivity index (χ4n) is 11.6. The lowest BCUT2D eigenvalue weighted by Gasteiger charge is -2.56. The predicted octanol–water partition coefficient (Wildman–Crippen LogP) is 6.81. The van der Waals surface area contributed by atoms with E-state index in [-0.39, 0.29) is 6.61 Å². The van der Waals surface area contributed by atoms with Gasteiger partial charge in [0.2, 0.25) is 0 Å². The molecule has 0 unspecified atom stereocenters. The van der Waals surface area contributed by atoms with Crippen LogP contribution in [-0.2, 0) is 23.9 Å². The molecule has 0 atom stereocenters. The van der Waals surface area contributed by atoms with Gasteiger partial charge in [-0.3, -0.25) is 5.10 Å². The summed E-state index contributed by atoms with van der Waals surface area (Å²) in [5.41, 5.74) is 0.701. The van der Waals surface area contributed by atoms with Crippen LogP contribution in [0.4, 0.5) is 0 Å². The van der Waals surface area contributed by atoms with E-state index in [0.29, 0.717) is 10.8 Å². The van der Waals surface area contributed by atoms with E-state index in [4.69, 9.17) is 22.4 Å². The molecule has 3 heterocycles. The van der Waals surface area contributed by atoms with E-state index < -0.39 is 0 Å². The van der Waals surface area contributed by atoms with Crippen molar-refractivity contribution in [1.29, 1.82) is 0 Å². The van der Waals surface area contributed by atoms with Crippen molar-refractivity contribution in [2.45, 2.75) is 132 Å². The number of fused-ring (bicyclic) bond motifs is 1. The second kappa shape index (κ2) is 10.8. The molecule has 0 aromatic carbocycles. The predicted molar refractivity (Wildman–Crippen MR) is 163 cm³/mol. The summed E-state index contributed by atoms with van der Waals surface area (Å²) in [6, 6.07) is 0. The lowest BCUT2D eigenvalue weighted by atomic mass is 9.49. The van der Waals surface area contributed by atoms with E-state index in [1.165, 1.54) is 112 Å². The minimum atomic E-state index is 0.262. The third kappa shape index (κ3) is 4.88. The molecule has 0 amide bonds. The van der Waals surface area contributed by atoms with Crippen molar-refractivity contribution >= 4 is 24.0 Å². The maximum Gasteiger partial charge on any atom is 0.195 e. The molecule has 2 aromatic heterocycles. The van der Waals surface area contributed by atoms with Gasteiger partial charge < -0.3 is 14.2 Å². The first-order valence-electron chi connectivity index (χ1n) is 16.9. The average molecular weight is 597 g/mol. The smallest absolute Gasteiger partial charge is 0.195 e. The quantitative estimate of drug-likeness (QED) is 0.281. The number of H-pyrrole nitrogens is 1. The molecular weight excluding hydrogens is 549 g/mol. The molecule has 2 aromatic rings. The number of aromatic amines is 1. The molecule has 1 aliphatic heterocycles. The molecule has 41 heavy (non-hydrogen) atoms. The summed E-state index contributed by atoms with van der Waals surface area (Å²) in [4.78, 5) is 0. The fraction of sp³-hybridized carbons (Fsp3) is 0.875. The zero-order chi connectivity index (χ0) is 27.6. The highest BCUT2D eigenvalue weighted by atomic mass is 32.2. The first kappa shape index (κ1) is 27.4. The molecule has 8 fully saturated rings. The van der Waals surface area contributed by atoms with Gasteiger partial charge in [0.15, 0.2) is 9.93 Å². The number of unbranched alkanes of at least 4 members (excludes halogenated alkanes) is 1. The van der Waals surface area contributed by atoms with Crippen LogP contribution in [0.2, 0.25) is 0 Å². The highest BCUT2D eigenvalue weighted by Crippen LogP contribution is 2.61. The molecule has 9 heteroatoms. The number of hydrogen-bond acceptors (Lipinski definition) is 6. The van der Waals surface area contributed by atoms with E-state index in [1.54, 1.807) is 0 Å². The maximum atomic E-state index is 9.00. The van der Waals surface area contributed by atoms with Gasteiger partial charge in [0.1, 0.15) is 11.6 Å². The van der Waals surface area contributed by atoms with Crippen molar-refractivity contribution in [2.75, 3.05) is 12.4 Å². The summed E-state index contributed by atoms with van der Waals surface area (Å²) >= 11 is 7.38. The third-order valence-electron chi connectivity index (χ3n) is 12.3. The van der Waals surface area contributed by atoms with E-state index >= 15 is 0 Å². The van der Waals surface area contributed by atoms with Crippen LogP contribution in [0.15, 0.2) is 5.16 Å². The van der Waals surface area contributed by atoms with Gasteiger partial charge in [-0.25, -0.2) is 0 Å². The van der Waals surface area contributed by atoms with Crippen LogP contribution in [0.25, 0.3) is 0 Å². The van der Waals surface area contributed by atoms with Crippen LogP contribution in [0.1, 0.15) is 114 Å². The van der Waals surface area contributed by atoms with Gasteiger partial charge in [0, 0.05) is 36.3 Å². The topological polar surface area (TPSA) is 84.5 Å². The third-order valence-corrected chi connectivity index (χ3v) is 13.7. The zero-order valence-electron chi connectivity index (χ0n) is 24.6. The van der Waals surface area contributed by atoms with Gasteiger partial charge in [0.25, 0.3) is 0 Å². The number of nitrogens with zero attached hydrogens (tertiary/aromatic N) is 5. The monoisotopic (exact) mass is 596 g/mol. The minimum absolute atomic E-state index is 0.262. The Morgan fingerprint density at radius 2 is 1.34 bits per heavy atom. The number of rotatable bonds is 6. The molecule has 9 aliphatic rings. The highest BCUT2D eigenvalue weighted by Gasteiger charge is 2.55. The Balaban J connectivity index is 0.000000125. The lowest BCUT2D eigenvalue weighted by molar-refractivity contribution is -0.0115. The van der Waals surface area contributed by atoms with Gasteiger partial charge in [-0.05, 0) is 150 Å². The standard InChI is InChI=1S/C16H25N3OS.C16H23N3S/c20-4-2-1-3-19-14(17-18-15(19)21)16-8-11-5-12(9-16)7-13(6-11)10-16;1-2-4-20-15-18-17-14(19(15)3-1)16-8-11-5-12(9-16)7-13(6-11)10-16/h11-13,20H,1-10H2,(H,18,21);11-13H,1-10H2. The van der Waals surface area contributed by atoms with E-state index in [0.717, 1.165) is 66.2 Å². The van der Waals surface area contributed by atoms with Crippen molar-refractivity contribution in [3.8, 4) is 0 Å². The van der Waals surface area contributed by atoms with Gasteiger partial charge in [0.05, 0.1) is 0 Å². The number of nitrogens with one attached hydrogen (secondary N) is 1. The van der Waals surface area contributed by atoms with Crippen LogP contribution in [0.3, 0.4) is 0 Å². The number of aliphatic hydroxyl groups is 1. The SMILES string of the molecule is C1CCn2c(nnc2C23CC4CC(CC(C4)C2)C3)SC1.OCCCCn1c(C23CC4CC(CC(C4)C2)C3)n[nH]c1=S. The summed E-state index contributed by atoms with van der Waals surface area (Å²) < 4.78 is 5.50. The number of thioether (sulfide) groups is 1. The van der Waals surface area contributed by atoms with Gasteiger partial charge in [-0.1, -0.05) is 11.8 Å². The van der Waals surface area contributed by atoms with Gasteiger partial charge in [-0.2, -0.15) is 5.10 Å². The molecule has 2 N–H and O–H groups in total. The summed E-state index contributed by atoms with van der Waals surface area (Å²) in [5, 5.41) is 27.2. The largest absolute Gasteiger partial charge is 0.396 e. The average Bonchev–Trinajstić information content (AvgIpc) is 3.44. The Morgan fingerprint density at radius 1 is 0.780 bits per heavy atom. The molecule has 11 rings (SSSR count). The van der Waals surface area contributed by atoms with E-state index in [9.17, 15) is 0 Å². The van der Waals surface area contributed by atoms with E-state index in [1.807, 2.05) is 11.8 Å². The molecule has 7 nitrogen and oxygen atoms in total. The summed E-state index contributed by atoms with van der Waals surface area (Å²) in [7, 11) is 0. The molecule has 224 valence electrons. The number of hydrogen-bond donors (Lipinski definition) is 2. The van der Waals surface area contributed by atoms with Crippen molar-refractivity contribution in [1.82, 2.24) is 29.5 Å². The second-order valence-electron chi connectivity index (χ2n) is 15.3. The molecule has 8 bridgehead atoms. The first-order chi connectivity index (χ1) is 20.0. The van der Waals surface area contributed by atoms with Crippen LogP contribution in [0.5, 0.6) is 0 Å². The number of aromatic nitrogens is 6. The summed E-state index contributed by atoms with van der Waals surface area (Å²) in [6.45, 7) is 2.32. The lowest BCUT2D eigenvalue weighted by Crippen LogP contribution is -2.49. The molecule has 8 aliphatic carbocycles. The van der Waals surface area contributed by atoms with Crippen LogP contribution >= 0.6 is 24.0 Å². The van der Waals surface area contributed by atoms with Gasteiger partial charge in [-0.15, -0.1) is 10.2 Å². The van der Waals surface area contributed by atoms with Crippen molar-refractivity contribution < 1.29 is 5.11 Å². The Labute approximate surface area is 254 Å². The molecule has 0 radical (unpaired) electrons. The van der Waals surface area contributed by atoms with Gasteiger partial charge >= 0.3 is 0 Å². The van der Waals surface area contributed by atoms with Crippen molar-refractivity contribution in [3.05, 3.63) is 16.4 Å². The Morgan fingerprint density at radius 3 is 1.90 bits per heavy atom. The van der Waals surface area contributed by atoms with Crippen molar-refractivity contribution in [2.24, 2.45) is 35.5 Å². The Kier molecular flexibility index (Phi) is 7.18. The summed E-state index contributed by atoms with van der Waals surface area (Å²) in [5.74, 6) is 9.57. The molecule has 0 saturated heterocycles. The van der Waals surface area contributed by atoms with Crippen LogP contribution in [-0.4, -0.2) is 47.0 Å². The maximum absolute atomic E-state index is 9.00. The normalized spacial score (nSPS) is 39.8. The van der Waals surface area contributed by atoms with Crippen molar-refractivity contribution in [3.63, 3.8) is 0 Å². The molecule has 8 saturated carbocycles. The zero-order valence-corrected chi connectivity index (χ0v) is 26.2. The first-order valence-corrected chi connectivity index (χ1v) is 18.2. The molecular formula is C32H48N6OS2. The Hall–Kier alpha value is -1.19. The number of aliphatic hydroxyl groups excluding tert-OH is 1. The van der Waals surface area contributed by atoms with Crippen LogP contribution in [0, 0.1) is 40.3 Å². The second-order valence-corrected chi connectivity index (χ2v) is 16.8. The molecule has 0 spiro atoms.